The van der Waals surface area contributed by atoms with Gasteiger partial charge < -0.3 is 15.6 Å². The Morgan fingerprint density at radius 2 is 2.00 bits per heavy atom. The van der Waals surface area contributed by atoms with E-state index in [4.69, 9.17) is 10.5 Å². The van der Waals surface area contributed by atoms with Gasteiger partial charge in [-0.2, -0.15) is 0 Å². The molecule has 2 atom stereocenters. The minimum absolute atomic E-state index is 0.293. The first kappa shape index (κ1) is 13.4. The summed E-state index contributed by atoms with van der Waals surface area (Å²) in [6, 6.07) is 5.55. The van der Waals surface area contributed by atoms with E-state index in [-0.39, 0.29) is 6.04 Å². The molecule has 3 heteroatoms. The maximum atomic E-state index is 10.4. The van der Waals surface area contributed by atoms with Gasteiger partial charge in [-0.1, -0.05) is 18.9 Å². The summed E-state index contributed by atoms with van der Waals surface area (Å²) >= 11 is 0. The number of methoxy groups -OCH3 is 1. The number of rotatable bonds is 4. The molecule has 0 aliphatic heterocycles. The lowest BCUT2D eigenvalue weighted by molar-refractivity contribution is 0.0843. The van der Waals surface area contributed by atoms with Gasteiger partial charge in [-0.15, -0.1) is 0 Å². The van der Waals surface area contributed by atoms with Crippen LogP contribution in [0.4, 0.5) is 0 Å². The summed E-state index contributed by atoms with van der Waals surface area (Å²) in [6.07, 6.45) is 4.21. The third kappa shape index (κ3) is 2.68. The highest BCUT2D eigenvalue weighted by Gasteiger charge is 2.29. The van der Waals surface area contributed by atoms with Crippen LogP contribution in [-0.4, -0.2) is 18.3 Å². The second-order valence-corrected chi connectivity index (χ2v) is 5.28. The average Bonchev–Trinajstić information content (AvgIpc) is 2.90. The molecular formula is C15H23NO2. The summed E-state index contributed by atoms with van der Waals surface area (Å²) in [5, 5.41) is 10.4. The number of aryl methyl sites for hydroxylation is 1. The van der Waals surface area contributed by atoms with E-state index in [2.05, 4.69) is 0 Å². The fraction of sp³-hybridized carbons (Fsp3) is 0.600. The maximum Gasteiger partial charge on any atom is 0.119 e. The fourth-order valence-corrected chi connectivity index (χ4v) is 2.93. The van der Waals surface area contributed by atoms with Gasteiger partial charge in [-0.25, -0.2) is 0 Å². The van der Waals surface area contributed by atoms with Crippen molar-refractivity contribution in [3.05, 3.63) is 29.3 Å². The summed E-state index contributed by atoms with van der Waals surface area (Å²) in [6.45, 7) is 2.01. The molecule has 18 heavy (non-hydrogen) atoms. The number of nitrogens with two attached hydrogens (primary N) is 1. The Balaban J connectivity index is 2.14. The standard InChI is InChI=1S/C15H23NO2/c1-10-9-12(18-2)7-8-13(10)14(16)15(17)11-5-3-4-6-11/h7-9,11,14-15,17H,3-6,16H2,1-2H3/t14-,15+/m0/s1. The summed E-state index contributed by atoms with van der Waals surface area (Å²) < 4.78 is 5.19. The first-order valence-corrected chi connectivity index (χ1v) is 6.71. The van der Waals surface area contributed by atoms with E-state index >= 15 is 0 Å². The van der Waals surface area contributed by atoms with E-state index < -0.39 is 6.10 Å². The van der Waals surface area contributed by atoms with Crippen LogP contribution >= 0.6 is 0 Å². The fourth-order valence-electron chi connectivity index (χ4n) is 2.93. The van der Waals surface area contributed by atoms with E-state index in [1.807, 2.05) is 25.1 Å². The molecular weight excluding hydrogens is 226 g/mol. The first-order valence-electron chi connectivity index (χ1n) is 6.71. The van der Waals surface area contributed by atoms with Gasteiger partial charge in [0.2, 0.25) is 0 Å². The quantitative estimate of drug-likeness (QED) is 0.862. The van der Waals surface area contributed by atoms with E-state index in [1.54, 1.807) is 7.11 Å². The Morgan fingerprint density at radius 3 is 2.56 bits per heavy atom. The molecule has 1 aliphatic carbocycles. The molecule has 0 spiro atoms. The molecule has 0 unspecified atom stereocenters. The monoisotopic (exact) mass is 249 g/mol. The van der Waals surface area contributed by atoms with Crippen molar-refractivity contribution >= 4 is 0 Å². The van der Waals surface area contributed by atoms with Gasteiger partial charge in [-0.3, -0.25) is 0 Å². The summed E-state index contributed by atoms with van der Waals surface area (Å²) in [4.78, 5) is 0. The third-order valence-electron chi connectivity index (χ3n) is 4.09. The molecule has 0 saturated heterocycles. The lowest BCUT2D eigenvalue weighted by Crippen LogP contribution is -2.32. The molecule has 0 aromatic heterocycles. The number of hydrogen-bond donors (Lipinski definition) is 2. The number of aliphatic hydroxyl groups excluding tert-OH is 1. The lowest BCUT2D eigenvalue weighted by atomic mass is 9.89. The number of aliphatic hydroxyl groups is 1. The van der Waals surface area contributed by atoms with Crippen LogP contribution < -0.4 is 10.5 Å². The van der Waals surface area contributed by atoms with E-state index in [1.165, 1.54) is 12.8 Å². The minimum Gasteiger partial charge on any atom is -0.497 e. The van der Waals surface area contributed by atoms with Crippen LogP contribution in [0.15, 0.2) is 18.2 Å². The van der Waals surface area contributed by atoms with Gasteiger partial charge in [0.15, 0.2) is 0 Å². The molecule has 0 bridgehead atoms. The Morgan fingerprint density at radius 1 is 1.33 bits per heavy atom. The van der Waals surface area contributed by atoms with Gasteiger partial charge in [0, 0.05) is 0 Å². The molecule has 0 radical (unpaired) electrons. The zero-order valence-electron chi connectivity index (χ0n) is 11.2. The summed E-state index contributed by atoms with van der Waals surface area (Å²) in [7, 11) is 1.65. The normalized spacial score (nSPS) is 19.8. The van der Waals surface area contributed by atoms with E-state index in [0.29, 0.717) is 5.92 Å². The Kier molecular flexibility index (Phi) is 4.25. The van der Waals surface area contributed by atoms with Crippen molar-refractivity contribution in [1.29, 1.82) is 0 Å². The zero-order valence-corrected chi connectivity index (χ0v) is 11.2. The predicted molar refractivity (Wildman–Crippen MR) is 72.6 cm³/mol. The predicted octanol–water partition coefficient (Wildman–Crippen LogP) is 2.55. The van der Waals surface area contributed by atoms with Crippen LogP contribution in [0.1, 0.15) is 42.9 Å². The average molecular weight is 249 g/mol. The van der Waals surface area contributed by atoms with Crippen molar-refractivity contribution in [2.24, 2.45) is 11.7 Å². The van der Waals surface area contributed by atoms with Crippen molar-refractivity contribution in [3.8, 4) is 5.75 Å². The minimum atomic E-state index is -0.431. The highest BCUT2D eigenvalue weighted by Crippen LogP contribution is 2.33. The summed E-state index contributed by atoms with van der Waals surface area (Å²) in [5.74, 6) is 1.19. The molecule has 1 aromatic carbocycles. The van der Waals surface area contributed by atoms with Crippen molar-refractivity contribution in [3.63, 3.8) is 0 Å². The van der Waals surface area contributed by atoms with Crippen LogP contribution in [0.25, 0.3) is 0 Å². The van der Waals surface area contributed by atoms with Gasteiger partial charge in [0.25, 0.3) is 0 Å². The molecule has 1 aromatic rings. The number of hydrogen-bond acceptors (Lipinski definition) is 3. The van der Waals surface area contributed by atoms with Crippen LogP contribution in [0, 0.1) is 12.8 Å². The van der Waals surface area contributed by atoms with Gasteiger partial charge >= 0.3 is 0 Å². The smallest absolute Gasteiger partial charge is 0.119 e. The van der Waals surface area contributed by atoms with E-state index in [9.17, 15) is 5.11 Å². The Hall–Kier alpha value is -1.06. The molecule has 1 fully saturated rings. The second-order valence-electron chi connectivity index (χ2n) is 5.28. The summed E-state index contributed by atoms with van der Waals surface area (Å²) in [5.41, 5.74) is 8.33. The molecule has 3 N–H and O–H groups in total. The third-order valence-corrected chi connectivity index (χ3v) is 4.09. The highest BCUT2D eigenvalue weighted by molar-refractivity contribution is 5.37. The van der Waals surface area contributed by atoms with Crippen LogP contribution in [0.5, 0.6) is 5.75 Å². The Bertz CT molecular complexity index is 399. The van der Waals surface area contributed by atoms with Crippen molar-refractivity contribution < 1.29 is 9.84 Å². The van der Waals surface area contributed by atoms with Crippen molar-refractivity contribution in [2.75, 3.05) is 7.11 Å². The first-order chi connectivity index (χ1) is 8.63. The molecule has 0 heterocycles. The van der Waals surface area contributed by atoms with Gasteiger partial charge in [-0.05, 0) is 48.9 Å². The molecule has 1 saturated carbocycles. The Labute approximate surface area is 109 Å². The maximum absolute atomic E-state index is 10.4. The topological polar surface area (TPSA) is 55.5 Å². The van der Waals surface area contributed by atoms with E-state index in [0.717, 1.165) is 29.7 Å². The van der Waals surface area contributed by atoms with Crippen LogP contribution in [0.2, 0.25) is 0 Å². The van der Waals surface area contributed by atoms with Gasteiger partial charge in [0.05, 0.1) is 19.3 Å². The van der Waals surface area contributed by atoms with Crippen LogP contribution in [0.3, 0.4) is 0 Å². The molecule has 0 amide bonds. The largest absolute Gasteiger partial charge is 0.497 e. The highest BCUT2D eigenvalue weighted by atomic mass is 16.5. The van der Waals surface area contributed by atoms with Crippen molar-refractivity contribution in [2.45, 2.75) is 44.8 Å². The van der Waals surface area contributed by atoms with Crippen molar-refractivity contribution in [1.82, 2.24) is 0 Å². The second kappa shape index (κ2) is 5.72. The zero-order chi connectivity index (χ0) is 13.1. The van der Waals surface area contributed by atoms with Crippen LogP contribution in [-0.2, 0) is 0 Å². The molecule has 100 valence electrons. The molecule has 1 aliphatic rings. The number of benzene rings is 1. The molecule has 3 nitrogen and oxygen atoms in total. The number of ether oxygens (including phenoxy) is 1. The molecule has 2 rings (SSSR count). The lowest BCUT2D eigenvalue weighted by Gasteiger charge is -2.26. The van der Waals surface area contributed by atoms with Gasteiger partial charge in [0.1, 0.15) is 5.75 Å². The SMILES string of the molecule is COc1ccc([C@H](N)[C@H](O)C2CCCC2)c(C)c1.